The summed E-state index contributed by atoms with van der Waals surface area (Å²) in [6, 6.07) is 0. The molecule has 14 heavy (non-hydrogen) atoms. The molecule has 1 atom stereocenters. The lowest BCUT2D eigenvalue weighted by Gasteiger charge is -2.18. The number of rotatable bonds is 2. The summed E-state index contributed by atoms with van der Waals surface area (Å²) in [4.78, 5) is 16.9. The van der Waals surface area contributed by atoms with E-state index in [0.717, 1.165) is 18.8 Å². The Balaban J connectivity index is 2.25. The first kappa shape index (κ1) is 9.84. The molecule has 0 amide bonds. The van der Waals surface area contributed by atoms with Crippen molar-refractivity contribution in [3.63, 3.8) is 0 Å². The molecular weight excluding hydrogens is 194 g/mol. The zero-order valence-corrected chi connectivity index (χ0v) is 9.49. The first-order valence-electron chi connectivity index (χ1n) is 5.20. The van der Waals surface area contributed by atoms with E-state index in [1.807, 2.05) is 0 Å². The molecule has 1 aromatic heterocycles. The minimum absolute atomic E-state index is 0.109. The topological polar surface area (TPSA) is 30.0 Å². The van der Waals surface area contributed by atoms with Gasteiger partial charge in [-0.05, 0) is 25.2 Å². The smallest absolute Gasteiger partial charge is 0.188 e. The van der Waals surface area contributed by atoms with Gasteiger partial charge in [0.25, 0.3) is 0 Å². The van der Waals surface area contributed by atoms with Crippen LogP contribution in [0.3, 0.4) is 0 Å². The molecule has 1 aliphatic rings. The van der Waals surface area contributed by atoms with E-state index < -0.39 is 0 Å². The second kappa shape index (κ2) is 3.81. The Morgan fingerprint density at radius 3 is 3.07 bits per heavy atom. The van der Waals surface area contributed by atoms with Gasteiger partial charge in [-0.1, -0.05) is 13.3 Å². The van der Waals surface area contributed by atoms with E-state index in [9.17, 15) is 4.79 Å². The predicted octanol–water partition coefficient (Wildman–Crippen LogP) is 2.86. The highest BCUT2D eigenvalue weighted by Crippen LogP contribution is 2.31. The van der Waals surface area contributed by atoms with Crippen molar-refractivity contribution in [3.8, 4) is 0 Å². The molecule has 0 spiro atoms. The molecule has 0 bridgehead atoms. The van der Waals surface area contributed by atoms with Gasteiger partial charge in [-0.15, -0.1) is 11.3 Å². The van der Waals surface area contributed by atoms with E-state index in [1.165, 1.54) is 23.4 Å². The Kier molecular flexibility index (Phi) is 2.68. The highest BCUT2D eigenvalue weighted by Gasteiger charge is 2.22. The van der Waals surface area contributed by atoms with Crippen LogP contribution in [-0.2, 0) is 12.8 Å². The number of carbonyl (C=O) groups excluding carboxylic acids is 1. The van der Waals surface area contributed by atoms with Crippen molar-refractivity contribution in [1.82, 2.24) is 4.98 Å². The van der Waals surface area contributed by atoms with Crippen LogP contribution in [0.4, 0.5) is 0 Å². The van der Waals surface area contributed by atoms with Crippen LogP contribution in [0.5, 0.6) is 0 Å². The number of aryl methyl sites for hydroxylation is 1. The van der Waals surface area contributed by atoms with Crippen LogP contribution in [0.25, 0.3) is 0 Å². The first-order valence-corrected chi connectivity index (χ1v) is 6.02. The quantitative estimate of drug-likeness (QED) is 0.701. The van der Waals surface area contributed by atoms with Gasteiger partial charge >= 0.3 is 0 Å². The highest BCUT2D eigenvalue weighted by molar-refractivity contribution is 7.13. The van der Waals surface area contributed by atoms with Crippen LogP contribution in [0.1, 0.15) is 47.1 Å². The van der Waals surface area contributed by atoms with Crippen molar-refractivity contribution in [1.29, 1.82) is 0 Å². The molecule has 2 nitrogen and oxygen atoms in total. The minimum atomic E-state index is 0.109. The summed E-state index contributed by atoms with van der Waals surface area (Å²) >= 11 is 1.60. The monoisotopic (exact) mass is 209 g/mol. The molecule has 0 fully saturated rings. The lowest BCUT2D eigenvalue weighted by Crippen LogP contribution is -2.11. The lowest BCUT2D eigenvalue weighted by atomic mass is 9.89. The van der Waals surface area contributed by atoms with E-state index >= 15 is 0 Å². The van der Waals surface area contributed by atoms with Gasteiger partial charge in [-0.25, -0.2) is 4.98 Å². The fraction of sp³-hybridized carbons (Fsp3) is 0.636. The largest absolute Gasteiger partial charge is 0.292 e. The number of nitrogens with zero attached hydrogens (tertiary/aromatic N) is 1. The third kappa shape index (κ3) is 1.73. The van der Waals surface area contributed by atoms with Gasteiger partial charge in [0, 0.05) is 11.8 Å². The van der Waals surface area contributed by atoms with E-state index in [-0.39, 0.29) is 5.78 Å². The Morgan fingerprint density at radius 1 is 1.64 bits per heavy atom. The molecule has 1 heterocycles. The number of hydrogen-bond acceptors (Lipinski definition) is 3. The number of aromatic nitrogens is 1. The van der Waals surface area contributed by atoms with Gasteiger partial charge in [-0.2, -0.15) is 0 Å². The number of carbonyl (C=O) groups is 1. The van der Waals surface area contributed by atoms with Gasteiger partial charge in [0.2, 0.25) is 0 Å². The first-order chi connectivity index (χ1) is 6.70. The fourth-order valence-corrected chi connectivity index (χ4v) is 3.06. The van der Waals surface area contributed by atoms with Gasteiger partial charge in [0.15, 0.2) is 10.8 Å². The van der Waals surface area contributed by atoms with E-state index in [0.29, 0.717) is 5.01 Å². The van der Waals surface area contributed by atoms with Crippen LogP contribution in [-0.4, -0.2) is 10.8 Å². The highest BCUT2D eigenvalue weighted by atomic mass is 32.1. The standard InChI is InChI=1S/C11H15NOS/c1-3-8-4-5-9-10(6-8)14-11(12-9)7(2)13/h8H,3-6H2,1-2H3. The maximum absolute atomic E-state index is 11.2. The number of Topliss-reactive ketones (excluding diaryl/α,β-unsaturated/α-hetero) is 1. The Labute approximate surface area is 88.4 Å². The molecule has 1 aromatic rings. The zero-order chi connectivity index (χ0) is 10.1. The number of fused-ring (bicyclic) bond motifs is 1. The molecule has 0 saturated carbocycles. The normalized spacial score (nSPS) is 20.6. The second-order valence-electron chi connectivity index (χ2n) is 3.96. The van der Waals surface area contributed by atoms with Gasteiger partial charge in [0.05, 0.1) is 5.69 Å². The molecule has 1 aliphatic carbocycles. The Morgan fingerprint density at radius 2 is 2.43 bits per heavy atom. The summed E-state index contributed by atoms with van der Waals surface area (Å²) in [5.41, 5.74) is 1.19. The van der Waals surface area contributed by atoms with Crippen LogP contribution in [0.2, 0.25) is 0 Å². The average Bonchev–Trinajstić information content (AvgIpc) is 2.59. The molecule has 3 heteroatoms. The van der Waals surface area contributed by atoms with Crippen molar-refractivity contribution in [2.75, 3.05) is 0 Å². The van der Waals surface area contributed by atoms with Gasteiger partial charge in [0.1, 0.15) is 0 Å². The minimum Gasteiger partial charge on any atom is -0.292 e. The summed E-state index contributed by atoms with van der Waals surface area (Å²) in [6.45, 7) is 3.84. The fourth-order valence-electron chi connectivity index (χ4n) is 1.94. The molecule has 1 unspecified atom stereocenters. The zero-order valence-electron chi connectivity index (χ0n) is 8.67. The van der Waals surface area contributed by atoms with E-state index in [4.69, 9.17) is 0 Å². The summed E-state index contributed by atoms with van der Waals surface area (Å²) in [5.74, 6) is 0.917. The van der Waals surface area contributed by atoms with Crippen LogP contribution in [0.15, 0.2) is 0 Å². The maximum Gasteiger partial charge on any atom is 0.188 e. The Bertz CT molecular complexity index is 356. The number of thiazole rings is 1. The summed E-state index contributed by atoms with van der Waals surface area (Å²) in [7, 11) is 0. The molecule has 0 radical (unpaired) electrons. The van der Waals surface area contributed by atoms with Crippen molar-refractivity contribution >= 4 is 17.1 Å². The van der Waals surface area contributed by atoms with E-state index in [1.54, 1.807) is 18.3 Å². The predicted molar refractivity (Wildman–Crippen MR) is 57.9 cm³/mol. The SMILES string of the molecule is CCC1CCc2nc(C(C)=O)sc2C1. The molecule has 0 N–H and O–H groups in total. The molecule has 0 aliphatic heterocycles. The summed E-state index contributed by atoms with van der Waals surface area (Å²) < 4.78 is 0. The van der Waals surface area contributed by atoms with Crippen LogP contribution >= 0.6 is 11.3 Å². The van der Waals surface area contributed by atoms with Crippen molar-refractivity contribution in [2.24, 2.45) is 5.92 Å². The molecule has 2 rings (SSSR count). The van der Waals surface area contributed by atoms with Crippen molar-refractivity contribution in [2.45, 2.75) is 39.5 Å². The molecule has 76 valence electrons. The maximum atomic E-state index is 11.2. The molecule has 0 saturated heterocycles. The molecular formula is C11H15NOS. The van der Waals surface area contributed by atoms with Crippen LogP contribution in [0, 0.1) is 5.92 Å². The third-order valence-corrected chi connectivity index (χ3v) is 4.14. The lowest BCUT2D eigenvalue weighted by molar-refractivity contribution is 0.101. The Hall–Kier alpha value is -0.700. The van der Waals surface area contributed by atoms with Gasteiger partial charge < -0.3 is 0 Å². The van der Waals surface area contributed by atoms with Crippen molar-refractivity contribution in [3.05, 3.63) is 15.6 Å². The van der Waals surface area contributed by atoms with Crippen LogP contribution < -0.4 is 0 Å². The van der Waals surface area contributed by atoms with Gasteiger partial charge in [-0.3, -0.25) is 4.79 Å². The number of ketones is 1. The van der Waals surface area contributed by atoms with Crippen molar-refractivity contribution < 1.29 is 4.79 Å². The summed E-state index contributed by atoms with van der Waals surface area (Å²) in [6.07, 6.45) is 4.69. The van der Waals surface area contributed by atoms with E-state index in [2.05, 4.69) is 11.9 Å². The molecule has 0 aromatic carbocycles. The third-order valence-electron chi connectivity index (χ3n) is 2.92. The number of hydrogen-bond donors (Lipinski definition) is 0. The average molecular weight is 209 g/mol. The second-order valence-corrected chi connectivity index (χ2v) is 5.05. The summed E-state index contributed by atoms with van der Waals surface area (Å²) in [5, 5.41) is 0.701.